The highest BCUT2D eigenvalue weighted by molar-refractivity contribution is 5.89. The summed E-state index contributed by atoms with van der Waals surface area (Å²) in [4.78, 5) is 27.1. The molecule has 9 nitrogen and oxygen atoms in total. The highest BCUT2D eigenvalue weighted by Crippen LogP contribution is 2.23. The number of hydrogen-bond acceptors (Lipinski definition) is 5. The Hall–Kier alpha value is -3.88. The molecule has 2 amide bonds. The van der Waals surface area contributed by atoms with Crippen LogP contribution in [0.1, 0.15) is 17.4 Å². The number of rotatable bonds is 6. The van der Waals surface area contributed by atoms with Gasteiger partial charge in [-0.25, -0.2) is 9.78 Å². The first-order chi connectivity index (χ1) is 13.5. The molecule has 0 spiro atoms. The molecular weight excluding hydrogens is 362 g/mol. The lowest BCUT2D eigenvalue weighted by Crippen LogP contribution is -2.34. The molecule has 0 saturated carbocycles. The van der Waals surface area contributed by atoms with Crippen molar-refractivity contribution >= 4 is 17.4 Å². The first-order valence-electron chi connectivity index (χ1n) is 8.41. The van der Waals surface area contributed by atoms with Gasteiger partial charge in [0.15, 0.2) is 0 Å². The molecule has 0 aliphatic carbocycles. The summed E-state index contributed by atoms with van der Waals surface area (Å²) in [7, 11) is 3.43. The number of nitro benzene ring substituents is 1. The summed E-state index contributed by atoms with van der Waals surface area (Å²) < 4.78 is 7.00. The molecule has 0 saturated heterocycles. The molecule has 0 aliphatic heterocycles. The van der Waals surface area contributed by atoms with Crippen LogP contribution in [-0.4, -0.2) is 27.6 Å². The Balaban J connectivity index is 1.79. The van der Waals surface area contributed by atoms with Crippen LogP contribution in [0.3, 0.4) is 0 Å². The van der Waals surface area contributed by atoms with E-state index in [1.54, 1.807) is 31.6 Å². The fraction of sp³-hybridized carbons (Fsp3) is 0.158. The lowest BCUT2D eigenvalue weighted by atomic mass is 10.1. The Morgan fingerprint density at radius 1 is 1.18 bits per heavy atom. The number of methoxy groups -OCH3 is 1. The van der Waals surface area contributed by atoms with Crippen molar-refractivity contribution in [1.82, 2.24) is 14.9 Å². The van der Waals surface area contributed by atoms with E-state index in [9.17, 15) is 14.9 Å². The van der Waals surface area contributed by atoms with Crippen LogP contribution in [0.4, 0.5) is 16.2 Å². The molecular formula is C19H19N5O4. The van der Waals surface area contributed by atoms with Gasteiger partial charge in [-0.2, -0.15) is 0 Å². The van der Waals surface area contributed by atoms with Crippen molar-refractivity contribution in [1.29, 1.82) is 0 Å². The molecule has 2 N–H and O–H groups in total. The van der Waals surface area contributed by atoms with E-state index < -0.39 is 17.0 Å². The van der Waals surface area contributed by atoms with Gasteiger partial charge in [0.2, 0.25) is 0 Å². The third kappa shape index (κ3) is 4.26. The minimum Gasteiger partial charge on any atom is -0.497 e. The van der Waals surface area contributed by atoms with Gasteiger partial charge >= 0.3 is 6.03 Å². The van der Waals surface area contributed by atoms with Crippen molar-refractivity contribution in [3.63, 3.8) is 0 Å². The quantitative estimate of drug-likeness (QED) is 0.503. The van der Waals surface area contributed by atoms with Gasteiger partial charge in [0.1, 0.15) is 17.6 Å². The van der Waals surface area contributed by atoms with Gasteiger partial charge in [0, 0.05) is 37.3 Å². The molecule has 9 heteroatoms. The predicted octanol–water partition coefficient (Wildman–Crippen LogP) is 3.25. The molecule has 0 bridgehead atoms. The number of nitro groups is 1. The summed E-state index contributed by atoms with van der Waals surface area (Å²) in [6, 6.07) is 12.0. The second-order valence-electron chi connectivity index (χ2n) is 6.00. The number of imidazole rings is 1. The molecule has 1 heterocycles. The van der Waals surface area contributed by atoms with E-state index in [-0.39, 0.29) is 5.69 Å². The number of aryl methyl sites for hydroxylation is 1. The predicted molar refractivity (Wildman–Crippen MR) is 103 cm³/mol. The Labute approximate surface area is 161 Å². The number of ether oxygens (including phenoxy) is 1. The normalized spacial score (nSPS) is 11.5. The fourth-order valence-corrected chi connectivity index (χ4v) is 2.71. The Bertz CT molecular complexity index is 967. The van der Waals surface area contributed by atoms with Crippen molar-refractivity contribution < 1.29 is 14.5 Å². The standard InChI is InChI=1S/C19H19N5O4/c1-23-12-11-20-18(23)17(13-3-9-16(28-2)10-4-13)22-19(25)21-14-5-7-15(8-6-14)24(26)27/h3-12,17H,1-2H3,(H2,21,22,25). The van der Waals surface area contributed by atoms with Crippen molar-refractivity contribution in [2.24, 2.45) is 7.05 Å². The second kappa shape index (κ2) is 8.21. The first kappa shape index (κ1) is 18.9. The van der Waals surface area contributed by atoms with Crippen molar-refractivity contribution in [3.05, 3.63) is 82.4 Å². The number of carbonyl (C=O) groups is 1. The largest absolute Gasteiger partial charge is 0.497 e. The topological polar surface area (TPSA) is 111 Å². The van der Waals surface area contributed by atoms with Gasteiger partial charge < -0.3 is 19.9 Å². The molecule has 0 fully saturated rings. The van der Waals surface area contributed by atoms with Gasteiger partial charge in [-0.3, -0.25) is 10.1 Å². The number of aromatic nitrogens is 2. The van der Waals surface area contributed by atoms with Crippen LogP contribution >= 0.6 is 0 Å². The van der Waals surface area contributed by atoms with E-state index in [0.717, 1.165) is 5.56 Å². The Kier molecular flexibility index (Phi) is 5.54. The van der Waals surface area contributed by atoms with Gasteiger partial charge in [0.25, 0.3) is 5.69 Å². The number of amides is 2. The van der Waals surface area contributed by atoms with Gasteiger partial charge in [0.05, 0.1) is 12.0 Å². The maximum Gasteiger partial charge on any atom is 0.320 e. The zero-order valence-electron chi connectivity index (χ0n) is 15.3. The molecule has 0 radical (unpaired) electrons. The third-order valence-corrected chi connectivity index (χ3v) is 4.18. The molecule has 144 valence electrons. The average Bonchev–Trinajstić information content (AvgIpc) is 3.12. The number of carbonyl (C=O) groups excluding carboxylic acids is 1. The monoisotopic (exact) mass is 381 g/mol. The van der Waals surface area contributed by atoms with Gasteiger partial charge in [-0.05, 0) is 29.8 Å². The summed E-state index contributed by atoms with van der Waals surface area (Å²) >= 11 is 0. The summed E-state index contributed by atoms with van der Waals surface area (Å²) in [5.41, 5.74) is 1.22. The van der Waals surface area contributed by atoms with Crippen molar-refractivity contribution in [3.8, 4) is 5.75 Å². The van der Waals surface area contributed by atoms with Crippen LogP contribution in [-0.2, 0) is 7.05 Å². The van der Waals surface area contributed by atoms with Crippen molar-refractivity contribution in [2.45, 2.75) is 6.04 Å². The Morgan fingerprint density at radius 3 is 2.39 bits per heavy atom. The number of urea groups is 1. The van der Waals surface area contributed by atoms with Crippen LogP contribution in [0.25, 0.3) is 0 Å². The minimum atomic E-state index is -0.496. The molecule has 28 heavy (non-hydrogen) atoms. The van der Waals surface area contributed by atoms with E-state index >= 15 is 0 Å². The average molecular weight is 381 g/mol. The number of anilines is 1. The molecule has 3 rings (SSSR count). The van der Waals surface area contributed by atoms with Crippen LogP contribution < -0.4 is 15.4 Å². The maximum atomic E-state index is 12.5. The summed E-state index contributed by atoms with van der Waals surface area (Å²) in [6.45, 7) is 0. The summed E-state index contributed by atoms with van der Waals surface area (Å²) in [5.74, 6) is 1.36. The molecule has 0 aliphatic rings. The van der Waals surface area contributed by atoms with E-state index in [1.807, 2.05) is 23.7 Å². The molecule has 1 aromatic heterocycles. The lowest BCUT2D eigenvalue weighted by Gasteiger charge is -2.20. The van der Waals surface area contributed by atoms with Crippen LogP contribution in [0, 0.1) is 10.1 Å². The SMILES string of the molecule is COc1ccc(C(NC(=O)Nc2ccc([N+](=O)[O-])cc2)c2nccn2C)cc1. The zero-order chi connectivity index (χ0) is 20.1. The van der Waals surface area contributed by atoms with E-state index in [4.69, 9.17) is 4.74 Å². The molecule has 1 unspecified atom stereocenters. The van der Waals surface area contributed by atoms with Crippen molar-refractivity contribution in [2.75, 3.05) is 12.4 Å². The van der Waals surface area contributed by atoms with E-state index in [1.165, 1.54) is 24.3 Å². The van der Waals surface area contributed by atoms with Crippen LogP contribution in [0.5, 0.6) is 5.75 Å². The number of hydrogen-bond donors (Lipinski definition) is 2. The maximum absolute atomic E-state index is 12.5. The number of nitrogens with one attached hydrogen (secondary N) is 2. The highest BCUT2D eigenvalue weighted by Gasteiger charge is 2.21. The van der Waals surface area contributed by atoms with Gasteiger partial charge in [-0.1, -0.05) is 12.1 Å². The molecule has 1 atom stereocenters. The smallest absolute Gasteiger partial charge is 0.320 e. The first-order valence-corrected chi connectivity index (χ1v) is 8.41. The lowest BCUT2D eigenvalue weighted by molar-refractivity contribution is -0.384. The Morgan fingerprint density at radius 2 is 1.86 bits per heavy atom. The molecule has 2 aromatic carbocycles. The zero-order valence-corrected chi connectivity index (χ0v) is 15.3. The number of non-ortho nitro benzene ring substituents is 1. The second-order valence-corrected chi connectivity index (χ2v) is 6.00. The minimum absolute atomic E-state index is 0.0462. The van der Waals surface area contributed by atoms with Crippen LogP contribution in [0.2, 0.25) is 0 Å². The fourth-order valence-electron chi connectivity index (χ4n) is 2.71. The van der Waals surface area contributed by atoms with E-state index in [2.05, 4.69) is 15.6 Å². The van der Waals surface area contributed by atoms with E-state index in [0.29, 0.717) is 17.3 Å². The summed E-state index contributed by atoms with van der Waals surface area (Å²) in [6.07, 6.45) is 3.45. The molecule has 3 aromatic rings. The third-order valence-electron chi connectivity index (χ3n) is 4.18. The van der Waals surface area contributed by atoms with Gasteiger partial charge in [-0.15, -0.1) is 0 Å². The highest BCUT2D eigenvalue weighted by atomic mass is 16.6. The number of benzene rings is 2. The van der Waals surface area contributed by atoms with Crippen LogP contribution in [0.15, 0.2) is 60.9 Å². The number of nitrogens with zero attached hydrogens (tertiary/aromatic N) is 3. The summed E-state index contributed by atoms with van der Waals surface area (Å²) in [5, 5.41) is 16.3.